The van der Waals surface area contributed by atoms with Crippen LogP contribution in [0.15, 0.2) is 84.4 Å². The molecule has 1 fully saturated rings. The van der Waals surface area contributed by atoms with Crippen LogP contribution in [0.5, 0.6) is 0 Å². The maximum atomic E-state index is 13.7. The lowest BCUT2D eigenvalue weighted by Gasteiger charge is -2.38. The summed E-state index contributed by atoms with van der Waals surface area (Å²) in [6, 6.07) is 9.23. The Hall–Kier alpha value is -4.81. The van der Waals surface area contributed by atoms with Crippen molar-refractivity contribution in [2.75, 3.05) is 25.0 Å². The monoisotopic (exact) mass is 622 g/mol. The first-order valence-corrected chi connectivity index (χ1v) is 13.8. The molecule has 0 bridgehead atoms. The van der Waals surface area contributed by atoms with E-state index in [1.165, 1.54) is 57.1 Å². The molecule has 3 aromatic rings. The Bertz CT molecular complexity index is 1700. The topological polar surface area (TPSA) is 136 Å². The fourth-order valence-electron chi connectivity index (χ4n) is 4.73. The quantitative estimate of drug-likeness (QED) is 0.353. The lowest BCUT2D eigenvalue weighted by Crippen LogP contribution is -2.60. The van der Waals surface area contributed by atoms with Crippen LogP contribution in [0.25, 0.3) is 5.69 Å². The second-order valence-electron chi connectivity index (χ2n) is 9.69. The van der Waals surface area contributed by atoms with Gasteiger partial charge in [-0.3, -0.25) is 19.3 Å². The molecule has 1 aliphatic heterocycles. The Morgan fingerprint density at radius 1 is 1.09 bits per heavy atom. The van der Waals surface area contributed by atoms with Crippen molar-refractivity contribution in [1.82, 2.24) is 30.5 Å². The van der Waals surface area contributed by atoms with Gasteiger partial charge in [0.05, 0.1) is 23.3 Å². The van der Waals surface area contributed by atoms with Crippen LogP contribution in [-0.2, 0) is 20.8 Å². The number of rotatable bonds is 8. The number of carbonyl (C=O) groups is 3. The number of anilines is 1. The van der Waals surface area contributed by atoms with E-state index in [1.54, 1.807) is 37.5 Å². The van der Waals surface area contributed by atoms with Crippen molar-refractivity contribution in [3.63, 3.8) is 0 Å². The van der Waals surface area contributed by atoms with Gasteiger partial charge in [-0.05, 0) is 54.1 Å². The summed E-state index contributed by atoms with van der Waals surface area (Å²) in [6.07, 6.45) is 7.82. The number of allylic oxidation sites excluding steroid dienone is 4. The molecule has 43 heavy (non-hydrogen) atoms. The van der Waals surface area contributed by atoms with E-state index in [0.717, 1.165) is 0 Å². The van der Waals surface area contributed by atoms with E-state index >= 15 is 0 Å². The summed E-state index contributed by atoms with van der Waals surface area (Å²) < 4.78 is 15.0. The summed E-state index contributed by atoms with van der Waals surface area (Å²) in [5.41, 5.74) is 2.53. The Morgan fingerprint density at radius 2 is 1.86 bits per heavy atom. The molecule has 0 saturated carbocycles. The number of amides is 3. The number of nitrogens with one attached hydrogen (secondary N) is 3. The molecule has 1 aromatic heterocycles. The summed E-state index contributed by atoms with van der Waals surface area (Å²) in [6.45, 7) is -0.788. The summed E-state index contributed by atoms with van der Waals surface area (Å²) in [5.74, 6) is -1.95. The molecule has 220 valence electrons. The number of halogens is 3. The highest BCUT2D eigenvalue weighted by atomic mass is 35.5. The maximum absolute atomic E-state index is 13.7. The zero-order chi connectivity index (χ0) is 30.7. The van der Waals surface area contributed by atoms with Crippen molar-refractivity contribution in [3.8, 4) is 5.69 Å². The van der Waals surface area contributed by atoms with Gasteiger partial charge in [-0.2, -0.15) is 0 Å². The molecule has 0 spiro atoms. The third kappa shape index (κ3) is 6.65. The first-order valence-electron chi connectivity index (χ1n) is 13.0. The molecular weight excluding hydrogens is 598 g/mol. The predicted octanol–water partition coefficient (Wildman–Crippen LogP) is 3.19. The van der Waals surface area contributed by atoms with Gasteiger partial charge in [-0.1, -0.05) is 40.5 Å². The van der Waals surface area contributed by atoms with Crippen LogP contribution in [0.1, 0.15) is 5.56 Å². The minimum absolute atomic E-state index is 0.0248. The van der Waals surface area contributed by atoms with Gasteiger partial charge < -0.3 is 20.9 Å². The molecule has 3 amide bonds. The Morgan fingerprint density at radius 3 is 2.56 bits per heavy atom. The fraction of sp³-hybridized carbons (Fsp3) is 0.172. The SMILES string of the molecule is CN/C=C1/C=C(NC(=O)C(Cc2ccc(F)cc2)N2CC(=O)N(c3cc(Cl)ccc3-n3cc(Cl)nn3)CC2=O)C=CC1=N. The van der Waals surface area contributed by atoms with Gasteiger partial charge in [0.15, 0.2) is 5.15 Å². The van der Waals surface area contributed by atoms with Crippen molar-refractivity contribution < 1.29 is 18.8 Å². The maximum Gasteiger partial charge on any atom is 0.247 e. The molecular formula is C29H25Cl2FN8O3. The van der Waals surface area contributed by atoms with Crippen LogP contribution in [0, 0.1) is 11.2 Å². The largest absolute Gasteiger partial charge is 0.393 e. The van der Waals surface area contributed by atoms with E-state index in [9.17, 15) is 18.8 Å². The molecule has 2 aliphatic rings. The minimum Gasteiger partial charge on any atom is -0.393 e. The van der Waals surface area contributed by atoms with E-state index < -0.39 is 36.1 Å². The van der Waals surface area contributed by atoms with Crippen LogP contribution >= 0.6 is 23.2 Å². The van der Waals surface area contributed by atoms with Crippen LogP contribution in [0.3, 0.4) is 0 Å². The molecule has 14 heteroatoms. The van der Waals surface area contributed by atoms with Gasteiger partial charge in [0.1, 0.15) is 24.9 Å². The van der Waals surface area contributed by atoms with Gasteiger partial charge >= 0.3 is 0 Å². The fourth-order valence-corrected chi connectivity index (χ4v) is 5.03. The van der Waals surface area contributed by atoms with Crippen molar-refractivity contribution in [2.45, 2.75) is 12.5 Å². The molecule has 1 unspecified atom stereocenters. The number of aromatic nitrogens is 3. The molecule has 1 aliphatic carbocycles. The molecule has 2 heterocycles. The van der Waals surface area contributed by atoms with Crippen LogP contribution < -0.4 is 15.5 Å². The highest BCUT2D eigenvalue weighted by Gasteiger charge is 2.39. The van der Waals surface area contributed by atoms with Crippen molar-refractivity contribution in [2.24, 2.45) is 0 Å². The third-order valence-corrected chi connectivity index (χ3v) is 7.21. The average Bonchev–Trinajstić information content (AvgIpc) is 3.41. The number of benzene rings is 2. The van der Waals surface area contributed by atoms with Crippen molar-refractivity contribution in [3.05, 3.63) is 106 Å². The van der Waals surface area contributed by atoms with E-state index in [2.05, 4.69) is 20.9 Å². The molecule has 5 rings (SSSR count). The first kappa shape index (κ1) is 29.7. The summed E-state index contributed by atoms with van der Waals surface area (Å²) in [7, 11) is 1.69. The average molecular weight is 623 g/mol. The molecule has 3 N–H and O–H groups in total. The Labute approximate surface area is 255 Å². The number of hydrogen-bond donors (Lipinski definition) is 3. The first-order chi connectivity index (χ1) is 20.6. The lowest BCUT2D eigenvalue weighted by atomic mass is 10.0. The van der Waals surface area contributed by atoms with E-state index in [-0.39, 0.29) is 23.8 Å². The van der Waals surface area contributed by atoms with Crippen LogP contribution in [-0.4, -0.2) is 69.5 Å². The van der Waals surface area contributed by atoms with Gasteiger partial charge in [0, 0.05) is 36.0 Å². The minimum atomic E-state index is -1.11. The van der Waals surface area contributed by atoms with Crippen molar-refractivity contribution >= 4 is 52.3 Å². The zero-order valence-electron chi connectivity index (χ0n) is 22.7. The second-order valence-corrected chi connectivity index (χ2v) is 10.5. The second kappa shape index (κ2) is 12.6. The standard InChI is InChI=1S/C29H25Cl2FN8O3/c1-34-13-18-11-21(7-8-22(18)33)35-29(43)25(10-17-2-5-20(32)6-3-17)39-16-27(41)38(15-28(39)42)24-12-19(30)4-9-23(24)40-14-26(31)36-37-40/h2-9,11-14,25,33-34H,10,15-16H2,1H3,(H,35,43)/b18-13-,33-22?. The smallest absolute Gasteiger partial charge is 0.247 e. The van der Waals surface area contributed by atoms with Gasteiger partial charge in [-0.15, -0.1) is 5.10 Å². The number of piperazine rings is 1. The van der Waals surface area contributed by atoms with Gasteiger partial charge in [0.2, 0.25) is 17.7 Å². The number of nitrogens with zero attached hydrogens (tertiary/aromatic N) is 5. The van der Waals surface area contributed by atoms with Crippen LogP contribution in [0.2, 0.25) is 10.2 Å². The lowest BCUT2D eigenvalue weighted by molar-refractivity contribution is -0.145. The van der Waals surface area contributed by atoms with Crippen LogP contribution in [0.4, 0.5) is 10.1 Å². The van der Waals surface area contributed by atoms with Gasteiger partial charge in [0.25, 0.3) is 0 Å². The number of carbonyl (C=O) groups excluding carboxylic acids is 3. The summed E-state index contributed by atoms with van der Waals surface area (Å²) >= 11 is 12.2. The zero-order valence-corrected chi connectivity index (χ0v) is 24.2. The molecule has 0 radical (unpaired) electrons. The molecule has 1 atom stereocenters. The molecule has 11 nitrogen and oxygen atoms in total. The highest BCUT2D eigenvalue weighted by molar-refractivity contribution is 6.31. The van der Waals surface area contributed by atoms with E-state index in [0.29, 0.717) is 33.2 Å². The van der Waals surface area contributed by atoms with Gasteiger partial charge in [-0.25, -0.2) is 9.07 Å². The molecule has 1 saturated heterocycles. The summed E-state index contributed by atoms with van der Waals surface area (Å²) in [4.78, 5) is 43.4. The summed E-state index contributed by atoms with van der Waals surface area (Å²) in [5, 5.41) is 21.9. The Balaban J connectivity index is 1.44. The normalized spacial score (nSPS) is 16.9. The van der Waals surface area contributed by atoms with Crippen molar-refractivity contribution in [1.29, 1.82) is 5.41 Å². The Kier molecular flexibility index (Phi) is 8.69. The highest BCUT2D eigenvalue weighted by Crippen LogP contribution is 2.30. The van der Waals surface area contributed by atoms with E-state index in [1.807, 2.05) is 0 Å². The molecule has 2 aromatic carbocycles. The number of hydrogen-bond acceptors (Lipinski definition) is 7. The van der Waals surface area contributed by atoms with E-state index in [4.69, 9.17) is 28.6 Å². The predicted molar refractivity (Wildman–Crippen MR) is 160 cm³/mol. The third-order valence-electron chi connectivity index (χ3n) is 6.80.